The normalized spacial score (nSPS) is 11.3. The third kappa shape index (κ3) is 4.49. The van der Waals surface area contributed by atoms with Crippen LogP contribution in [-0.2, 0) is 6.18 Å². The number of rotatable bonds is 5. The molecular formula is C20H14F3N5O2. The molecular weight excluding hydrogens is 399 g/mol. The second-order valence-electron chi connectivity index (χ2n) is 6.16. The second-order valence-corrected chi connectivity index (χ2v) is 6.16. The predicted molar refractivity (Wildman–Crippen MR) is 103 cm³/mol. The molecule has 10 heteroatoms. The number of pyridine rings is 1. The molecule has 0 spiro atoms. The van der Waals surface area contributed by atoms with Crippen molar-refractivity contribution >= 4 is 17.5 Å². The molecule has 2 aromatic heterocycles. The van der Waals surface area contributed by atoms with Gasteiger partial charge in [0.2, 0.25) is 5.89 Å². The summed E-state index contributed by atoms with van der Waals surface area (Å²) in [7, 11) is 0. The second kappa shape index (κ2) is 7.74. The quantitative estimate of drug-likeness (QED) is 0.460. The van der Waals surface area contributed by atoms with Gasteiger partial charge in [-0.1, -0.05) is 11.2 Å². The Bertz CT molecular complexity index is 1160. The van der Waals surface area contributed by atoms with E-state index in [9.17, 15) is 13.2 Å². The molecule has 2 aromatic carbocycles. The van der Waals surface area contributed by atoms with Gasteiger partial charge in [-0.3, -0.25) is 0 Å². The number of nitrogen functional groups attached to an aromatic ring is 1. The maximum atomic E-state index is 12.8. The molecule has 2 heterocycles. The number of nitrogens with zero attached hydrogens (tertiary/aromatic N) is 3. The van der Waals surface area contributed by atoms with Gasteiger partial charge in [-0.25, -0.2) is 4.98 Å². The van der Waals surface area contributed by atoms with Gasteiger partial charge in [-0.15, -0.1) is 5.10 Å². The Balaban J connectivity index is 1.46. The van der Waals surface area contributed by atoms with Gasteiger partial charge in [0, 0.05) is 23.5 Å². The fourth-order valence-corrected chi connectivity index (χ4v) is 2.58. The Morgan fingerprint density at radius 3 is 2.47 bits per heavy atom. The molecule has 0 amide bonds. The number of anilines is 3. The van der Waals surface area contributed by atoms with Gasteiger partial charge in [-0.05, 0) is 48.5 Å². The van der Waals surface area contributed by atoms with Gasteiger partial charge in [-0.2, -0.15) is 13.2 Å². The smallest absolute Gasteiger partial charge is 0.416 e. The maximum Gasteiger partial charge on any atom is 0.416 e. The zero-order chi connectivity index (χ0) is 21.1. The van der Waals surface area contributed by atoms with E-state index in [4.69, 9.17) is 14.9 Å². The molecule has 0 radical (unpaired) electrons. The average Bonchev–Trinajstić information content (AvgIpc) is 3.17. The number of benzene rings is 2. The van der Waals surface area contributed by atoms with E-state index in [1.165, 1.54) is 18.3 Å². The molecule has 0 atom stereocenters. The highest BCUT2D eigenvalue weighted by Crippen LogP contribution is 2.32. The maximum absolute atomic E-state index is 12.8. The van der Waals surface area contributed by atoms with Gasteiger partial charge < -0.3 is 20.2 Å². The Morgan fingerprint density at radius 1 is 0.933 bits per heavy atom. The molecule has 4 aromatic rings. The van der Waals surface area contributed by atoms with Crippen LogP contribution in [0.25, 0.3) is 11.5 Å². The van der Waals surface area contributed by atoms with E-state index in [1.807, 2.05) is 0 Å². The summed E-state index contributed by atoms with van der Waals surface area (Å²) in [5, 5.41) is 10.4. The van der Waals surface area contributed by atoms with Crippen molar-refractivity contribution in [1.82, 2.24) is 15.2 Å². The monoisotopic (exact) mass is 413 g/mol. The largest absolute Gasteiger partial charge is 0.457 e. The van der Waals surface area contributed by atoms with E-state index in [2.05, 4.69) is 20.5 Å². The van der Waals surface area contributed by atoms with Gasteiger partial charge in [0.05, 0.1) is 5.56 Å². The zero-order valence-electron chi connectivity index (χ0n) is 15.2. The molecule has 7 nitrogen and oxygen atoms in total. The van der Waals surface area contributed by atoms with Crippen LogP contribution < -0.4 is 15.8 Å². The molecule has 0 saturated heterocycles. The van der Waals surface area contributed by atoms with Gasteiger partial charge in [0.25, 0.3) is 0 Å². The van der Waals surface area contributed by atoms with Crippen molar-refractivity contribution < 1.29 is 22.3 Å². The van der Waals surface area contributed by atoms with Crippen LogP contribution in [0, 0.1) is 0 Å². The molecule has 152 valence electrons. The summed E-state index contributed by atoms with van der Waals surface area (Å²) in [5.74, 6) is 1.65. The standard InChI is InChI=1S/C20H14F3N5O2/c21-20(22,23)13-2-1-3-14(10-13)26-19-28-27-18(30-19)12-4-6-15(7-5-12)29-16-8-9-25-17(24)11-16/h1-11H,(H2,24,25)(H,26,28). The lowest BCUT2D eigenvalue weighted by Crippen LogP contribution is -2.05. The van der Waals surface area contributed by atoms with Crippen LogP contribution >= 0.6 is 0 Å². The van der Waals surface area contributed by atoms with Gasteiger partial charge >= 0.3 is 12.2 Å². The van der Waals surface area contributed by atoms with Crippen molar-refractivity contribution in [2.45, 2.75) is 6.18 Å². The van der Waals surface area contributed by atoms with Crippen LogP contribution in [-0.4, -0.2) is 15.2 Å². The molecule has 0 unspecified atom stereocenters. The van der Waals surface area contributed by atoms with E-state index < -0.39 is 11.7 Å². The van der Waals surface area contributed by atoms with Crippen molar-refractivity contribution in [3.8, 4) is 23.0 Å². The lowest BCUT2D eigenvalue weighted by atomic mass is 10.2. The number of aromatic nitrogens is 3. The fraction of sp³-hybridized carbons (Fsp3) is 0.0500. The Hall–Kier alpha value is -4.08. The van der Waals surface area contributed by atoms with E-state index >= 15 is 0 Å². The third-order valence-electron chi connectivity index (χ3n) is 3.96. The highest BCUT2D eigenvalue weighted by Gasteiger charge is 2.30. The molecule has 4 rings (SSSR count). The van der Waals surface area contributed by atoms with Crippen LogP contribution in [0.4, 0.5) is 30.7 Å². The number of halogens is 3. The van der Waals surface area contributed by atoms with Crippen molar-refractivity contribution in [3.05, 3.63) is 72.4 Å². The van der Waals surface area contributed by atoms with E-state index in [0.29, 0.717) is 22.9 Å². The van der Waals surface area contributed by atoms with Crippen molar-refractivity contribution in [1.29, 1.82) is 0 Å². The summed E-state index contributed by atoms with van der Waals surface area (Å²) in [6, 6.07) is 14.8. The third-order valence-corrected chi connectivity index (χ3v) is 3.96. The van der Waals surface area contributed by atoms with Crippen LogP contribution in [0.2, 0.25) is 0 Å². The van der Waals surface area contributed by atoms with E-state index in [0.717, 1.165) is 12.1 Å². The number of alkyl halides is 3. The highest BCUT2D eigenvalue weighted by atomic mass is 19.4. The van der Waals surface area contributed by atoms with Crippen LogP contribution in [0.5, 0.6) is 11.5 Å². The lowest BCUT2D eigenvalue weighted by Gasteiger charge is -2.08. The van der Waals surface area contributed by atoms with Crippen LogP contribution in [0.3, 0.4) is 0 Å². The van der Waals surface area contributed by atoms with Crippen LogP contribution in [0.15, 0.2) is 71.3 Å². The minimum atomic E-state index is -4.44. The number of hydrogen-bond donors (Lipinski definition) is 2. The number of ether oxygens (including phenoxy) is 1. The summed E-state index contributed by atoms with van der Waals surface area (Å²) in [4.78, 5) is 3.89. The van der Waals surface area contributed by atoms with E-state index in [-0.39, 0.29) is 17.6 Å². The SMILES string of the molecule is Nc1cc(Oc2ccc(-c3nnc(Nc4cccc(C(F)(F)F)c4)o3)cc2)ccn1. The highest BCUT2D eigenvalue weighted by molar-refractivity contribution is 5.58. The lowest BCUT2D eigenvalue weighted by molar-refractivity contribution is -0.137. The molecule has 3 N–H and O–H groups in total. The summed E-state index contributed by atoms with van der Waals surface area (Å²) < 4.78 is 49.6. The predicted octanol–water partition coefficient (Wildman–Crippen LogP) is 5.27. The Labute approximate surface area is 168 Å². The summed E-state index contributed by atoms with van der Waals surface area (Å²) in [5.41, 5.74) is 5.63. The minimum Gasteiger partial charge on any atom is -0.457 e. The van der Waals surface area contributed by atoms with Gasteiger partial charge in [0.15, 0.2) is 0 Å². The fourth-order valence-electron chi connectivity index (χ4n) is 2.58. The first-order valence-corrected chi connectivity index (χ1v) is 8.64. The Morgan fingerprint density at radius 2 is 1.73 bits per heavy atom. The van der Waals surface area contributed by atoms with E-state index in [1.54, 1.807) is 36.4 Å². The minimum absolute atomic E-state index is 0.0306. The van der Waals surface area contributed by atoms with Crippen molar-refractivity contribution in [2.75, 3.05) is 11.1 Å². The molecule has 0 aliphatic heterocycles. The topological polar surface area (TPSA) is 99.1 Å². The number of hydrogen-bond acceptors (Lipinski definition) is 7. The molecule has 0 fully saturated rings. The molecule has 0 aliphatic rings. The summed E-state index contributed by atoms with van der Waals surface area (Å²) >= 11 is 0. The first-order valence-electron chi connectivity index (χ1n) is 8.64. The molecule has 0 saturated carbocycles. The molecule has 0 bridgehead atoms. The van der Waals surface area contributed by atoms with Gasteiger partial charge in [0.1, 0.15) is 17.3 Å². The molecule has 0 aliphatic carbocycles. The number of nitrogens with one attached hydrogen (secondary N) is 1. The zero-order valence-corrected chi connectivity index (χ0v) is 15.2. The van der Waals surface area contributed by atoms with Crippen LogP contribution in [0.1, 0.15) is 5.56 Å². The summed E-state index contributed by atoms with van der Waals surface area (Å²) in [6.45, 7) is 0. The van der Waals surface area contributed by atoms with Crippen molar-refractivity contribution in [3.63, 3.8) is 0 Å². The number of nitrogens with two attached hydrogens (primary N) is 1. The summed E-state index contributed by atoms with van der Waals surface area (Å²) in [6.07, 6.45) is -2.90. The van der Waals surface area contributed by atoms with Crippen molar-refractivity contribution in [2.24, 2.45) is 0 Å². The Kier molecular flexibility index (Phi) is 4.97. The molecule has 30 heavy (non-hydrogen) atoms. The first-order chi connectivity index (χ1) is 14.4. The average molecular weight is 413 g/mol. The first kappa shape index (κ1) is 19.2.